The normalized spacial score (nSPS) is 11.2. The Hall–Kier alpha value is -2.11. The number of carboxylic acids is 1. The minimum absolute atomic E-state index is 0.0296. The van der Waals surface area contributed by atoms with E-state index in [0.29, 0.717) is 17.0 Å². The Labute approximate surface area is 111 Å². The summed E-state index contributed by atoms with van der Waals surface area (Å²) >= 11 is 0. The zero-order valence-corrected chi connectivity index (χ0v) is 11.3. The summed E-state index contributed by atoms with van der Waals surface area (Å²) in [5.41, 5.74) is 1.14. The highest BCUT2D eigenvalue weighted by atomic mass is 16.5. The van der Waals surface area contributed by atoms with Crippen molar-refractivity contribution < 1.29 is 14.4 Å². The molecule has 0 bridgehead atoms. The van der Waals surface area contributed by atoms with Gasteiger partial charge in [-0.15, -0.1) is 0 Å². The van der Waals surface area contributed by atoms with Crippen molar-refractivity contribution in [2.45, 2.75) is 39.7 Å². The van der Waals surface area contributed by atoms with Crippen LogP contribution in [0.15, 0.2) is 16.9 Å². The van der Waals surface area contributed by atoms with E-state index in [1.165, 1.54) is 0 Å². The first-order valence-electron chi connectivity index (χ1n) is 6.30. The second kappa shape index (κ2) is 5.26. The molecule has 0 saturated heterocycles. The summed E-state index contributed by atoms with van der Waals surface area (Å²) in [6, 6.07) is 0. The van der Waals surface area contributed by atoms with Crippen LogP contribution < -0.4 is 0 Å². The van der Waals surface area contributed by atoms with Crippen LogP contribution in [0.25, 0.3) is 11.3 Å². The van der Waals surface area contributed by atoms with Crippen molar-refractivity contribution in [3.05, 3.63) is 23.7 Å². The molecular formula is C13H17N3O3. The predicted molar refractivity (Wildman–Crippen MR) is 69.1 cm³/mol. The number of aromatic nitrogens is 3. The molecule has 0 unspecified atom stereocenters. The van der Waals surface area contributed by atoms with Crippen LogP contribution in [0.2, 0.25) is 0 Å². The van der Waals surface area contributed by atoms with Crippen LogP contribution in [0, 0.1) is 0 Å². The fourth-order valence-electron chi connectivity index (χ4n) is 1.94. The molecule has 2 aromatic heterocycles. The second-order valence-corrected chi connectivity index (χ2v) is 4.72. The maximum Gasteiger partial charge on any atom is 0.341 e. The quantitative estimate of drug-likeness (QED) is 0.897. The van der Waals surface area contributed by atoms with Crippen LogP contribution in [-0.4, -0.2) is 26.0 Å². The third-order valence-corrected chi connectivity index (χ3v) is 2.82. The molecule has 1 N–H and O–H groups in total. The van der Waals surface area contributed by atoms with Crippen molar-refractivity contribution in [1.82, 2.24) is 14.9 Å². The highest BCUT2D eigenvalue weighted by molar-refractivity contribution is 5.95. The molecule has 6 heteroatoms. The number of aromatic carboxylic acids is 1. The van der Waals surface area contributed by atoms with Crippen molar-refractivity contribution in [2.75, 3.05) is 0 Å². The van der Waals surface area contributed by atoms with Crippen LogP contribution in [0.5, 0.6) is 0 Å². The van der Waals surface area contributed by atoms with Gasteiger partial charge < -0.3 is 9.63 Å². The molecule has 102 valence electrons. The molecular weight excluding hydrogens is 246 g/mol. The molecule has 19 heavy (non-hydrogen) atoms. The lowest BCUT2D eigenvalue weighted by Gasteiger charge is -2.00. The first-order chi connectivity index (χ1) is 9.04. The molecule has 0 spiro atoms. The van der Waals surface area contributed by atoms with Crippen LogP contribution in [-0.2, 0) is 6.54 Å². The smallest absolute Gasteiger partial charge is 0.341 e. The summed E-state index contributed by atoms with van der Waals surface area (Å²) in [5.74, 6) is -0.660. The van der Waals surface area contributed by atoms with Crippen LogP contribution in [0.3, 0.4) is 0 Å². The second-order valence-electron chi connectivity index (χ2n) is 4.72. The molecule has 0 radical (unpaired) electrons. The van der Waals surface area contributed by atoms with Gasteiger partial charge in [0.1, 0.15) is 11.3 Å². The average molecular weight is 263 g/mol. The van der Waals surface area contributed by atoms with Gasteiger partial charge in [-0.05, 0) is 6.42 Å². The van der Waals surface area contributed by atoms with Gasteiger partial charge in [0, 0.05) is 24.2 Å². The van der Waals surface area contributed by atoms with Crippen molar-refractivity contribution >= 4 is 5.97 Å². The first kappa shape index (κ1) is 13.3. The molecule has 2 heterocycles. The topological polar surface area (TPSA) is 81.2 Å². The zero-order chi connectivity index (χ0) is 14.0. The monoisotopic (exact) mass is 263 g/mol. The molecule has 2 aromatic rings. The van der Waals surface area contributed by atoms with Crippen molar-refractivity contribution in [1.29, 1.82) is 0 Å². The largest absolute Gasteiger partial charge is 0.477 e. The Bertz CT molecular complexity index is 584. The van der Waals surface area contributed by atoms with Gasteiger partial charge in [0.25, 0.3) is 0 Å². The van der Waals surface area contributed by atoms with E-state index in [1.54, 1.807) is 17.1 Å². The summed E-state index contributed by atoms with van der Waals surface area (Å²) in [4.78, 5) is 11.4. The molecule has 0 atom stereocenters. The van der Waals surface area contributed by atoms with Crippen LogP contribution >= 0.6 is 0 Å². The van der Waals surface area contributed by atoms with E-state index >= 15 is 0 Å². The number of carboxylic acid groups (broad SMARTS) is 1. The van der Waals surface area contributed by atoms with Gasteiger partial charge in [0.2, 0.25) is 0 Å². The third-order valence-electron chi connectivity index (χ3n) is 2.82. The maximum atomic E-state index is 11.4. The third kappa shape index (κ3) is 2.52. The standard InChI is InChI=1S/C13H17N3O3/c1-4-5-16-7-9(6-14-16)11-10(13(17)18)12(8(2)3)19-15-11/h6-8H,4-5H2,1-3H3,(H,17,18). The van der Waals surface area contributed by atoms with Crippen LogP contribution in [0.4, 0.5) is 0 Å². The van der Waals surface area contributed by atoms with Crippen LogP contribution in [0.1, 0.15) is 49.2 Å². The Morgan fingerprint density at radius 3 is 2.84 bits per heavy atom. The van der Waals surface area contributed by atoms with E-state index < -0.39 is 5.97 Å². The van der Waals surface area contributed by atoms with Gasteiger partial charge in [0.05, 0.1) is 6.20 Å². The van der Waals surface area contributed by atoms with Crippen molar-refractivity contribution in [2.24, 2.45) is 0 Å². The summed E-state index contributed by atoms with van der Waals surface area (Å²) in [6.07, 6.45) is 4.37. The fraction of sp³-hybridized carbons (Fsp3) is 0.462. The lowest BCUT2D eigenvalue weighted by atomic mass is 10.0. The Kier molecular flexibility index (Phi) is 3.69. The average Bonchev–Trinajstić information content (AvgIpc) is 2.93. The Morgan fingerprint density at radius 2 is 2.26 bits per heavy atom. The number of hydrogen-bond donors (Lipinski definition) is 1. The minimum Gasteiger partial charge on any atom is -0.477 e. The summed E-state index contributed by atoms with van der Waals surface area (Å²) < 4.78 is 6.94. The number of nitrogens with zero attached hydrogens (tertiary/aromatic N) is 3. The highest BCUT2D eigenvalue weighted by Gasteiger charge is 2.25. The van der Waals surface area contributed by atoms with Gasteiger partial charge in [-0.2, -0.15) is 5.10 Å². The van der Waals surface area contributed by atoms with E-state index in [4.69, 9.17) is 4.52 Å². The van der Waals surface area contributed by atoms with Gasteiger partial charge in [0.15, 0.2) is 5.76 Å². The summed E-state index contributed by atoms with van der Waals surface area (Å²) in [6.45, 7) is 6.59. The van der Waals surface area contributed by atoms with Crippen molar-refractivity contribution in [3.63, 3.8) is 0 Å². The minimum atomic E-state index is -1.02. The fourth-order valence-corrected chi connectivity index (χ4v) is 1.94. The van der Waals surface area contributed by atoms with E-state index in [9.17, 15) is 9.90 Å². The lowest BCUT2D eigenvalue weighted by molar-refractivity contribution is 0.0694. The van der Waals surface area contributed by atoms with E-state index in [-0.39, 0.29) is 11.5 Å². The van der Waals surface area contributed by atoms with E-state index in [0.717, 1.165) is 13.0 Å². The molecule has 0 saturated carbocycles. The maximum absolute atomic E-state index is 11.4. The molecule has 0 aliphatic carbocycles. The number of hydrogen-bond acceptors (Lipinski definition) is 4. The summed E-state index contributed by atoms with van der Waals surface area (Å²) in [5, 5.41) is 17.4. The van der Waals surface area contributed by atoms with Gasteiger partial charge >= 0.3 is 5.97 Å². The SMILES string of the molecule is CCCn1cc(-c2noc(C(C)C)c2C(=O)O)cn1. The molecule has 0 fully saturated rings. The lowest BCUT2D eigenvalue weighted by Crippen LogP contribution is -2.02. The first-order valence-corrected chi connectivity index (χ1v) is 6.30. The molecule has 0 aromatic carbocycles. The molecule has 0 aliphatic rings. The summed E-state index contributed by atoms with van der Waals surface area (Å²) in [7, 11) is 0. The molecule has 6 nitrogen and oxygen atoms in total. The Balaban J connectivity index is 2.46. The highest BCUT2D eigenvalue weighted by Crippen LogP contribution is 2.29. The molecule has 2 rings (SSSR count). The molecule has 0 amide bonds. The van der Waals surface area contributed by atoms with Gasteiger partial charge in [-0.1, -0.05) is 25.9 Å². The number of aryl methyl sites for hydroxylation is 1. The number of rotatable bonds is 5. The van der Waals surface area contributed by atoms with E-state index in [1.807, 2.05) is 13.8 Å². The van der Waals surface area contributed by atoms with Crippen molar-refractivity contribution in [3.8, 4) is 11.3 Å². The zero-order valence-electron chi connectivity index (χ0n) is 11.3. The Morgan fingerprint density at radius 1 is 1.53 bits per heavy atom. The molecule has 0 aliphatic heterocycles. The van der Waals surface area contributed by atoms with E-state index in [2.05, 4.69) is 17.2 Å². The van der Waals surface area contributed by atoms with Gasteiger partial charge in [-0.3, -0.25) is 4.68 Å². The van der Waals surface area contributed by atoms with Gasteiger partial charge in [-0.25, -0.2) is 4.79 Å². The predicted octanol–water partition coefficient (Wildman–Crippen LogP) is 2.77. The number of carbonyl (C=O) groups is 1.